The summed E-state index contributed by atoms with van der Waals surface area (Å²) in [6.07, 6.45) is 0.0841. The van der Waals surface area contributed by atoms with E-state index in [0.717, 1.165) is 0 Å². The first kappa shape index (κ1) is 15.1. The number of guanidine groups is 1. The maximum atomic E-state index is 11.8. The summed E-state index contributed by atoms with van der Waals surface area (Å²) in [4.78, 5) is 25.0. The van der Waals surface area contributed by atoms with Gasteiger partial charge in [-0.3, -0.25) is 15.0 Å². The summed E-state index contributed by atoms with van der Waals surface area (Å²) in [5.74, 6) is -0.405. The topological polar surface area (TPSA) is 109 Å². The van der Waals surface area contributed by atoms with Crippen molar-refractivity contribution in [2.45, 2.75) is 38.8 Å². The summed E-state index contributed by atoms with van der Waals surface area (Å²) < 4.78 is 5.21. The van der Waals surface area contributed by atoms with Crippen molar-refractivity contribution in [2.24, 2.45) is 10.8 Å². The number of nitrogens with two attached hydrogens (primary N) is 1. The Morgan fingerprint density at radius 3 is 2.47 bits per heavy atom. The predicted molar refractivity (Wildman–Crippen MR) is 70.2 cm³/mol. The Morgan fingerprint density at radius 2 is 2.05 bits per heavy atom. The number of rotatable bonds is 2. The molecule has 0 spiro atoms. The average Bonchev–Trinajstić information content (AvgIpc) is 2.11. The second-order valence-electron chi connectivity index (χ2n) is 5.19. The van der Waals surface area contributed by atoms with Crippen LogP contribution in [0.1, 0.15) is 27.2 Å². The summed E-state index contributed by atoms with van der Waals surface area (Å²) in [6.45, 7) is 5.82. The molecule has 8 heteroatoms. The van der Waals surface area contributed by atoms with Crippen molar-refractivity contribution in [2.75, 3.05) is 13.6 Å². The van der Waals surface area contributed by atoms with Gasteiger partial charge in [-0.05, 0) is 27.2 Å². The lowest BCUT2D eigenvalue weighted by Gasteiger charge is -2.39. The molecule has 2 amide bonds. The van der Waals surface area contributed by atoms with Crippen LogP contribution in [0.25, 0.3) is 0 Å². The van der Waals surface area contributed by atoms with E-state index in [2.05, 4.69) is 15.8 Å². The molecule has 0 aromatic heterocycles. The summed E-state index contributed by atoms with van der Waals surface area (Å²) >= 11 is 0. The van der Waals surface area contributed by atoms with Crippen LogP contribution in [0.3, 0.4) is 0 Å². The molecule has 1 rings (SSSR count). The second kappa shape index (κ2) is 5.77. The average molecular weight is 271 g/mol. The molecule has 108 valence electrons. The highest BCUT2D eigenvalue weighted by molar-refractivity contribution is 6.00. The third kappa shape index (κ3) is 4.31. The molecule has 1 heterocycles. The molecule has 0 aromatic carbocycles. The predicted octanol–water partition coefficient (Wildman–Crippen LogP) is -0.439. The van der Waals surface area contributed by atoms with Crippen LogP contribution in [0, 0.1) is 0 Å². The fraction of sp³-hybridized carbons (Fsp3) is 0.727. The number of amides is 2. The molecular weight excluding hydrogens is 250 g/mol. The molecule has 1 fully saturated rings. The highest BCUT2D eigenvalue weighted by Gasteiger charge is 2.40. The zero-order valence-electron chi connectivity index (χ0n) is 11.7. The lowest BCUT2D eigenvalue weighted by molar-refractivity contribution is -0.129. The Balaban J connectivity index is 2.54. The number of nitrogens with zero attached hydrogens (tertiary/aromatic N) is 2. The van der Waals surface area contributed by atoms with Crippen molar-refractivity contribution in [3.8, 4) is 0 Å². The Morgan fingerprint density at radius 1 is 1.42 bits per heavy atom. The molecule has 0 saturated carbocycles. The van der Waals surface area contributed by atoms with E-state index in [-0.39, 0.29) is 11.9 Å². The Labute approximate surface area is 112 Å². The Bertz CT molecular complexity index is 388. The van der Waals surface area contributed by atoms with Crippen LogP contribution in [0.2, 0.25) is 0 Å². The molecule has 19 heavy (non-hydrogen) atoms. The van der Waals surface area contributed by atoms with E-state index < -0.39 is 17.7 Å². The Hall–Kier alpha value is -1.99. The zero-order valence-corrected chi connectivity index (χ0v) is 11.7. The van der Waals surface area contributed by atoms with E-state index in [1.165, 1.54) is 4.90 Å². The van der Waals surface area contributed by atoms with Gasteiger partial charge >= 0.3 is 6.09 Å². The lowest BCUT2D eigenvalue weighted by atomic mass is 10.0. The first-order valence-electron chi connectivity index (χ1n) is 6.05. The van der Waals surface area contributed by atoms with E-state index in [9.17, 15) is 9.59 Å². The van der Waals surface area contributed by atoms with E-state index in [1.807, 2.05) is 0 Å². The van der Waals surface area contributed by atoms with Gasteiger partial charge in [-0.2, -0.15) is 0 Å². The van der Waals surface area contributed by atoms with Gasteiger partial charge in [0.05, 0.1) is 0 Å². The van der Waals surface area contributed by atoms with E-state index >= 15 is 0 Å². The van der Waals surface area contributed by atoms with Crippen LogP contribution in [0.15, 0.2) is 5.10 Å². The molecule has 1 aliphatic heterocycles. The minimum atomic E-state index is -0.583. The number of hydrogen-bond donors (Lipinski definition) is 3. The first-order chi connectivity index (χ1) is 8.74. The molecule has 0 aromatic rings. The third-order valence-electron chi connectivity index (χ3n) is 2.43. The number of likely N-dealkylation sites (tertiary alicyclic amines) is 1. The van der Waals surface area contributed by atoms with E-state index in [4.69, 9.17) is 10.5 Å². The number of carbonyl (C=O) groups excluding carboxylic acids is 2. The van der Waals surface area contributed by atoms with Gasteiger partial charge in [0.15, 0.2) is 0 Å². The van der Waals surface area contributed by atoms with Crippen LogP contribution in [-0.4, -0.2) is 48.1 Å². The smallest absolute Gasteiger partial charge is 0.410 e. The molecule has 0 radical (unpaired) electrons. The van der Waals surface area contributed by atoms with Gasteiger partial charge in [0.25, 0.3) is 0 Å². The van der Waals surface area contributed by atoms with Crippen molar-refractivity contribution in [1.82, 2.24) is 15.6 Å². The van der Waals surface area contributed by atoms with Crippen LogP contribution in [0.4, 0.5) is 4.79 Å². The monoisotopic (exact) mass is 271 g/mol. The first-order valence-corrected chi connectivity index (χ1v) is 6.05. The number of hydrazone groups is 1. The van der Waals surface area contributed by atoms with Crippen LogP contribution in [0.5, 0.6) is 0 Å². The van der Waals surface area contributed by atoms with E-state index in [0.29, 0.717) is 13.0 Å². The van der Waals surface area contributed by atoms with Crippen molar-refractivity contribution >= 4 is 18.0 Å². The van der Waals surface area contributed by atoms with Crippen molar-refractivity contribution < 1.29 is 14.3 Å². The number of ether oxygens (including phenoxy) is 1. The maximum absolute atomic E-state index is 11.8. The van der Waals surface area contributed by atoms with Crippen molar-refractivity contribution in [1.29, 1.82) is 0 Å². The fourth-order valence-electron chi connectivity index (χ4n) is 1.56. The van der Waals surface area contributed by atoms with Crippen LogP contribution in [-0.2, 0) is 9.53 Å². The fourth-order valence-corrected chi connectivity index (χ4v) is 1.56. The molecule has 1 saturated heterocycles. The molecule has 0 aliphatic carbocycles. The SMILES string of the molecule is CNN=C(N)NC(=O)C1CCN1C(=O)OC(C)(C)C. The maximum Gasteiger partial charge on any atom is 0.410 e. The van der Waals surface area contributed by atoms with Crippen molar-refractivity contribution in [3.63, 3.8) is 0 Å². The molecule has 1 aliphatic rings. The molecule has 1 atom stereocenters. The third-order valence-corrected chi connectivity index (χ3v) is 2.43. The summed E-state index contributed by atoms with van der Waals surface area (Å²) in [6, 6.07) is -0.555. The molecule has 0 bridgehead atoms. The van der Waals surface area contributed by atoms with E-state index in [1.54, 1.807) is 27.8 Å². The van der Waals surface area contributed by atoms with Gasteiger partial charge in [0.1, 0.15) is 11.6 Å². The number of hydrogen-bond acceptors (Lipinski definition) is 5. The Kier molecular flexibility index (Phi) is 4.57. The quantitative estimate of drug-likeness (QED) is 0.358. The van der Waals surface area contributed by atoms with Gasteiger partial charge in [-0.25, -0.2) is 4.79 Å². The van der Waals surface area contributed by atoms with Gasteiger partial charge in [-0.15, -0.1) is 5.10 Å². The highest BCUT2D eigenvalue weighted by atomic mass is 16.6. The van der Waals surface area contributed by atoms with Gasteiger partial charge < -0.3 is 15.9 Å². The lowest BCUT2D eigenvalue weighted by Crippen LogP contribution is -2.60. The molecule has 4 N–H and O–H groups in total. The van der Waals surface area contributed by atoms with Crippen LogP contribution >= 0.6 is 0 Å². The van der Waals surface area contributed by atoms with Gasteiger partial charge in [0, 0.05) is 13.6 Å². The minimum absolute atomic E-state index is 0.0384. The van der Waals surface area contributed by atoms with Gasteiger partial charge in [-0.1, -0.05) is 0 Å². The van der Waals surface area contributed by atoms with Crippen molar-refractivity contribution in [3.05, 3.63) is 0 Å². The summed E-state index contributed by atoms with van der Waals surface area (Å²) in [5.41, 5.74) is 7.32. The minimum Gasteiger partial charge on any atom is -0.444 e. The molecule has 8 nitrogen and oxygen atoms in total. The molecule has 1 unspecified atom stereocenters. The largest absolute Gasteiger partial charge is 0.444 e. The zero-order chi connectivity index (χ0) is 14.6. The standard InChI is InChI=1S/C11H21N5O3/c1-11(2,3)19-10(18)16-6-5-7(16)8(17)14-9(12)15-13-4/h7,13H,5-6H2,1-4H3,(H3,12,14,15,17). The second-order valence-corrected chi connectivity index (χ2v) is 5.19. The normalized spacial score (nSPS) is 19.5. The van der Waals surface area contributed by atoms with Gasteiger partial charge in [0.2, 0.25) is 11.9 Å². The molecular formula is C11H21N5O3. The van der Waals surface area contributed by atoms with Crippen LogP contribution < -0.4 is 16.5 Å². The summed E-state index contributed by atoms with van der Waals surface area (Å²) in [7, 11) is 1.56. The summed E-state index contributed by atoms with van der Waals surface area (Å²) in [5, 5.41) is 6.02. The number of carbonyl (C=O) groups is 2. The number of nitrogens with one attached hydrogen (secondary N) is 2. The highest BCUT2D eigenvalue weighted by Crippen LogP contribution is 2.21.